The van der Waals surface area contributed by atoms with Crippen LogP contribution in [0.5, 0.6) is 0 Å². The van der Waals surface area contributed by atoms with Gasteiger partial charge in [0.2, 0.25) is 0 Å². The van der Waals surface area contributed by atoms with Crippen molar-refractivity contribution in [1.82, 2.24) is 10.3 Å². The molecule has 1 amide bonds. The number of benzene rings is 1. The van der Waals surface area contributed by atoms with E-state index in [0.29, 0.717) is 11.4 Å². The molecule has 0 saturated carbocycles. The summed E-state index contributed by atoms with van der Waals surface area (Å²) in [5.74, 6) is 4.97. The van der Waals surface area contributed by atoms with Gasteiger partial charge in [-0.2, -0.15) is 0 Å². The molecule has 2 aromatic rings. The molecule has 1 heterocycles. The van der Waals surface area contributed by atoms with Crippen LogP contribution in [0.4, 0.5) is 0 Å². The summed E-state index contributed by atoms with van der Waals surface area (Å²) in [6.07, 6.45) is 0. The first kappa shape index (κ1) is 16.0. The lowest BCUT2D eigenvalue weighted by molar-refractivity contribution is 0.0955. The molecule has 3 N–H and O–H groups in total. The SMILES string of the molecule is CC(c1ccc(Cl)cc1)N(C)Cc1ccsc1C(=O)NN. The molecule has 21 heavy (non-hydrogen) atoms. The molecule has 6 heteroatoms. The minimum Gasteiger partial charge on any atom is -0.295 e. The van der Waals surface area contributed by atoms with Crippen molar-refractivity contribution in [1.29, 1.82) is 0 Å². The van der Waals surface area contributed by atoms with E-state index in [2.05, 4.69) is 17.2 Å². The quantitative estimate of drug-likeness (QED) is 0.504. The predicted octanol–water partition coefficient (Wildman–Crippen LogP) is 3.20. The average molecular weight is 324 g/mol. The monoisotopic (exact) mass is 323 g/mol. The van der Waals surface area contributed by atoms with Crippen LogP contribution in [-0.2, 0) is 6.54 Å². The third kappa shape index (κ3) is 3.83. The summed E-state index contributed by atoms with van der Waals surface area (Å²) < 4.78 is 0. The Kier molecular flexibility index (Phi) is 5.36. The number of nitrogens with zero attached hydrogens (tertiary/aromatic N) is 1. The first-order valence-corrected chi connectivity index (χ1v) is 7.81. The highest BCUT2D eigenvalue weighted by Gasteiger charge is 2.17. The summed E-state index contributed by atoms with van der Waals surface area (Å²) in [6, 6.07) is 9.99. The van der Waals surface area contributed by atoms with Crippen molar-refractivity contribution in [3.63, 3.8) is 0 Å². The lowest BCUT2D eigenvalue weighted by atomic mass is 10.1. The number of rotatable bonds is 5. The molecule has 2 rings (SSSR count). The zero-order valence-corrected chi connectivity index (χ0v) is 13.5. The molecule has 1 aromatic carbocycles. The van der Waals surface area contributed by atoms with Crippen molar-refractivity contribution in [3.05, 3.63) is 56.7 Å². The Balaban J connectivity index is 2.10. The average Bonchev–Trinajstić information content (AvgIpc) is 2.94. The van der Waals surface area contributed by atoms with Gasteiger partial charge in [-0.15, -0.1) is 11.3 Å². The van der Waals surface area contributed by atoms with Crippen LogP contribution in [-0.4, -0.2) is 17.9 Å². The zero-order chi connectivity index (χ0) is 15.4. The lowest BCUT2D eigenvalue weighted by Crippen LogP contribution is -2.31. The number of carbonyl (C=O) groups is 1. The summed E-state index contributed by atoms with van der Waals surface area (Å²) in [4.78, 5) is 14.5. The van der Waals surface area contributed by atoms with Crippen molar-refractivity contribution in [2.24, 2.45) is 5.84 Å². The van der Waals surface area contributed by atoms with Crippen molar-refractivity contribution < 1.29 is 4.79 Å². The highest BCUT2D eigenvalue weighted by Crippen LogP contribution is 2.25. The van der Waals surface area contributed by atoms with Gasteiger partial charge in [0, 0.05) is 17.6 Å². The summed E-state index contributed by atoms with van der Waals surface area (Å²) in [6.45, 7) is 2.80. The summed E-state index contributed by atoms with van der Waals surface area (Å²) in [5, 5.41) is 2.63. The lowest BCUT2D eigenvalue weighted by Gasteiger charge is -2.25. The maximum absolute atomic E-state index is 11.7. The van der Waals surface area contributed by atoms with E-state index in [1.165, 1.54) is 16.9 Å². The van der Waals surface area contributed by atoms with Crippen LogP contribution in [0.15, 0.2) is 35.7 Å². The number of hydrazine groups is 1. The Hall–Kier alpha value is -1.40. The third-order valence-corrected chi connectivity index (χ3v) is 4.72. The molecule has 4 nitrogen and oxygen atoms in total. The van der Waals surface area contributed by atoms with E-state index in [-0.39, 0.29) is 11.9 Å². The van der Waals surface area contributed by atoms with Crippen LogP contribution >= 0.6 is 22.9 Å². The Morgan fingerprint density at radius 3 is 2.67 bits per heavy atom. The van der Waals surface area contributed by atoms with E-state index in [1.807, 2.05) is 42.8 Å². The summed E-state index contributed by atoms with van der Waals surface area (Å²) in [5.41, 5.74) is 4.35. The topological polar surface area (TPSA) is 58.4 Å². The maximum atomic E-state index is 11.7. The molecule has 0 fully saturated rings. The van der Waals surface area contributed by atoms with Crippen LogP contribution in [0, 0.1) is 0 Å². The number of hydrogen-bond donors (Lipinski definition) is 2. The van der Waals surface area contributed by atoms with Gasteiger partial charge < -0.3 is 0 Å². The first-order valence-electron chi connectivity index (χ1n) is 6.56. The summed E-state index contributed by atoms with van der Waals surface area (Å²) >= 11 is 7.31. The van der Waals surface area contributed by atoms with E-state index < -0.39 is 0 Å². The smallest absolute Gasteiger partial charge is 0.275 e. The van der Waals surface area contributed by atoms with Gasteiger partial charge in [-0.1, -0.05) is 23.7 Å². The van der Waals surface area contributed by atoms with Gasteiger partial charge in [0.1, 0.15) is 0 Å². The van der Waals surface area contributed by atoms with Crippen molar-refractivity contribution >= 4 is 28.8 Å². The highest BCUT2D eigenvalue weighted by molar-refractivity contribution is 7.12. The largest absolute Gasteiger partial charge is 0.295 e. The molecule has 0 saturated heterocycles. The number of amides is 1. The number of nitrogens with two attached hydrogens (primary N) is 1. The molecular weight excluding hydrogens is 306 g/mol. The second kappa shape index (κ2) is 7.04. The van der Waals surface area contributed by atoms with E-state index in [4.69, 9.17) is 17.4 Å². The number of carbonyl (C=O) groups excluding carboxylic acids is 1. The Morgan fingerprint density at radius 2 is 2.05 bits per heavy atom. The van der Waals surface area contributed by atoms with E-state index >= 15 is 0 Å². The van der Waals surface area contributed by atoms with Crippen molar-refractivity contribution in [2.45, 2.75) is 19.5 Å². The molecule has 0 spiro atoms. The van der Waals surface area contributed by atoms with E-state index in [0.717, 1.165) is 10.6 Å². The van der Waals surface area contributed by atoms with Gasteiger partial charge in [-0.25, -0.2) is 5.84 Å². The van der Waals surface area contributed by atoms with Crippen LogP contribution in [0.25, 0.3) is 0 Å². The Bertz CT molecular complexity index is 612. The number of nitrogens with one attached hydrogen (secondary N) is 1. The fourth-order valence-corrected chi connectivity index (χ4v) is 3.07. The number of halogens is 1. The van der Waals surface area contributed by atoms with Gasteiger partial charge in [-0.3, -0.25) is 15.1 Å². The van der Waals surface area contributed by atoms with E-state index in [9.17, 15) is 4.79 Å². The second-order valence-corrected chi connectivity index (χ2v) is 6.24. The molecular formula is C15H18ClN3OS. The molecule has 0 aliphatic carbocycles. The van der Waals surface area contributed by atoms with Crippen molar-refractivity contribution in [2.75, 3.05) is 7.05 Å². The summed E-state index contributed by atoms with van der Waals surface area (Å²) in [7, 11) is 2.03. The molecule has 1 atom stereocenters. The van der Waals surface area contributed by atoms with Gasteiger partial charge in [0.05, 0.1) is 4.88 Å². The van der Waals surface area contributed by atoms with Crippen LogP contribution in [0.2, 0.25) is 5.02 Å². The molecule has 0 aliphatic rings. The van der Waals surface area contributed by atoms with Gasteiger partial charge >= 0.3 is 0 Å². The molecule has 112 valence electrons. The van der Waals surface area contributed by atoms with E-state index in [1.54, 1.807) is 0 Å². The van der Waals surface area contributed by atoms with Crippen LogP contribution < -0.4 is 11.3 Å². The maximum Gasteiger partial charge on any atom is 0.275 e. The van der Waals surface area contributed by atoms with Gasteiger partial charge in [0.25, 0.3) is 5.91 Å². The third-order valence-electron chi connectivity index (χ3n) is 3.52. The molecule has 0 bridgehead atoms. The van der Waals surface area contributed by atoms with Crippen molar-refractivity contribution in [3.8, 4) is 0 Å². The number of thiophene rings is 1. The number of nitrogen functional groups attached to an aromatic ring is 1. The minimum atomic E-state index is -0.243. The fourth-order valence-electron chi connectivity index (χ4n) is 2.13. The molecule has 1 unspecified atom stereocenters. The predicted molar refractivity (Wildman–Crippen MR) is 87.3 cm³/mol. The number of hydrogen-bond acceptors (Lipinski definition) is 4. The standard InChI is InChI=1S/C15H18ClN3OS/c1-10(11-3-5-13(16)6-4-11)19(2)9-12-7-8-21-14(12)15(20)18-17/h3-8,10H,9,17H2,1-2H3,(H,18,20). The van der Waals surface area contributed by atoms with Crippen LogP contribution in [0.3, 0.4) is 0 Å². The second-order valence-electron chi connectivity index (χ2n) is 4.89. The molecule has 0 aliphatic heterocycles. The Labute approximate surface area is 133 Å². The minimum absolute atomic E-state index is 0.218. The highest BCUT2D eigenvalue weighted by atomic mass is 35.5. The zero-order valence-electron chi connectivity index (χ0n) is 12.0. The fraction of sp³-hybridized carbons (Fsp3) is 0.267. The molecule has 1 aromatic heterocycles. The van der Waals surface area contributed by atoms with Crippen LogP contribution in [0.1, 0.15) is 33.8 Å². The van der Waals surface area contributed by atoms with Gasteiger partial charge in [0.15, 0.2) is 0 Å². The first-order chi connectivity index (χ1) is 10.0. The van der Waals surface area contributed by atoms with Gasteiger partial charge in [-0.05, 0) is 48.7 Å². The normalized spacial score (nSPS) is 12.4. The Morgan fingerprint density at radius 1 is 1.38 bits per heavy atom. The molecule has 0 radical (unpaired) electrons.